The zero-order chi connectivity index (χ0) is 10.1. The minimum atomic E-state index is 0.386. The lowest BCUT2D eigenvalue weighted by atomic mass is 9.96. The number of nitrogens with one attached hydrogen (secondary N) is 1. The standard InChI is InChI=1S/C11H21N3/c1-7(2)13-11(12)14-10-6-8-3-4-9(10)5-8/h7-10H,3-6H2,1-2H3,(H3,12,13,14). The van der Waals surface area contributed by atoms with Crippen LogP contribution in [0.5, 0.6) is 0 Å². The van der Waals surface area contributed by atoms with Crippen LogP contribution in [0.3, 0.4) is 0 Å². The average molecular weight is 195 g/mol. The minimum Gasteiger partial charge on any atom is -0.370 e. The van der Waals surface area contributed by atoms with Crippen LogP contribution in [-0.2, 0) is 0 Å². The summed E-state index contributed by atoms with van der Waals surface area (Å²) < 4.78 is 0. The first-order chi connectivity index (χ1) is 6.65. The van der Waals surface area contributed by atoms with Crippen molar-refractivity contribution in [3.63, 3.8) is 0 Å². The summed E-state index contributed by atoms with van der Waals surface area (Å²) in [5, 5.41) is 3.16. The van der Waals surface area contributed by atoms with E-state index in [2.05, 4.69) is 24.2 Å². The number of rotatable bonds is 2. The Bertz CT molecular complexity index is 235. The zero-order valence-corrected chi connectivity index (χ0v) is 9.16. The molecule has 0 saturated heterocycles. The average Bonchev–Trinajstić information content (AvgIpc) is 2.62. The third kappa shape index (κ3) is 2.02. The van der Waals surface area contributed by atoms with Gasteiger partial charge in [0.1, 0.15) is 0 Å². The number of guanidine groups is 1. The van der Waals surface area contributed by atoms with Gasteiger partial charge in [0.25, 0.3) is 0 Å². The molecule has 80 valence electrons. The van der Waals surface area contributed by atoms with Gasteiger partial charge in [-0.15, -0.1) is 0 Å². The van der Waals surface area contributed by atoms with Crippen LogP contribution in [0.15, 0.2) is 4.99 Å². The summed E-state index contributed by atoms with van der Waals surface area (Å²) in [5.41, 5.74) is 5.83. The van der Waals surface area contributed by atoms with Gasteiger partial charge in [0.15, 0.2) is 5.96 Å². The predicted octanol–water partition coefficient (Wildman–Crippen LogP) is 1.49. The molecule has 0 spiro atoms. The largest absolute Gasteiger partial charge is 0.370 e. The van der Waals surface area contributed by atoms with Crippen molar-refractivity contribution in [1.82, 2.24) is 5.32 Å². The summed E-state index contributed by atoms with van der Waals surface area (Å²) in [6.07, 6.45) is 5.45. The van der Waals surface area contributed by atoms with E-state index in [9.17, 15) is 0 Å². The molecule has 3 unspecified atom stereocenters. The third-order valence-electron chi connectivity index (χ3n) is 3.44. The van der Waals surface area contributed by atoms with E-state index in [4.69, 9.17) is 5.73 Å². The van der Waals surface area contributed by atoms with Crippen molar-refractivity contribution in [2.75, 3.05) is 0 Å². The topological polar surface area (TPSA) is 50.4 Å². The quantitative estimate of drug-likeness (QED) is 0.518. The van der Waals surface area contributed by atoms with Gasteiger partial charge in [-0.1, -0.05) is 6.42 Å². The summed E-state index contributed by atoms with van der Waals surface area (Å²) >= 11 is 0. The second kappa shape index (κ2) is 3.79. The van der Waals surface area contributed by atoms with Crippen LogP contribution in [0.1, 0.15) is 39.5 Å². The number of aliphatic imine (C=N–C) groups is 1. The van der Waals surface area contributed by atoms with E-state index in [0.29, 0.717) is 18.0 Å². The van der Waals surface area contributed by atoms with Gasteiger partial charge in [0.05, 0.1) is 6.04 Å². The van der Waals surface area contributed by atoms with Crippen molar-refractivity contribution in [3.8, 4) is 0 Å². The van der Waals surface area contributed by atoms with Gasteiger partial charge in [-0.25, -0.2) is 4.99 Å². The van der Waals surface area contributed by atoms with Gasteiger partial charge in [-0.3, -0.25) is 0 Å². The van der Waals surface area contributed by atoms with Gasteiger partial charge in [-0.05, 0) is 44.9 Å². The van der Waals surface area contributed by atoms with Crippen molar-refractivity contribution >= 4 is 5.96 Å². The molecular formula is C11H21N3. The molecule has 2 saturated carbocycles. The second-order valence-electron chi connectivity index (χ2n) is 5.06. The molecule has 0 aromatic carbocycles. The summed E-state index contributed by atoms with van der Waals surface area (Å²) in [7, 11) is 0. The first kappa shape index (κ1) is 9.81. The Morgan fingerprint density at radius 1 is 1.36 bits per heavy atom. The number of hydrogen-bond donors (Lipinski definition) is 2. The lowest BCUT2D eigenvalue weighted by molar-refractivity contribution is 0.418. The maximum absolute atomic E-state index is 5.83. The van der Waals surface area contributed by atoms with Gasteiger partial charge >= 0.3 is 0 Å². The first-order valence-corrected chi connectivity index (χ1v) is 5.75. The van der Waals surface area contributed by atoms with Crippen molar-refractivity contribution in [3.05, 3.63) is 0 Å². The Hall–Kier alpha value is -0.730. The Kier molecular flexibility index (Phi) is 2.66. The van der Waals surface area contributed by atoms with Crippen LogP contribution in [0.2, 0.25) is 0 Å². The molecule has 2 rings (SSSR count). The van der Waals surface area contributed by atoms with E-state index in [1.54, 1.807) is 0 Å². The van der Waals surface area contributed by atoms with Crippen molar-refractivity contribution in [1.29, 1.82) is 0 Å². The second-order valence-corrected chi connectivity index (χ2v) is 5.06. The Labute approximate surface area is 86.2 Å². The van der Waals surface area contributed by atoms with Crippen molar-refractivity contribution in [2.24, 2.45) is 22.6 Å². The van der Waals surface area contributed by atoms with Crippen LogP contribution in [-0.4, -0.2) is 18.0 Å². The number of fused-ring (bicyclic) bond motifs is 2. The van der Waals surface area contributed by atoms with Crippen LogP contribution >= 0.6 is 0 Å². The smallest absolute Gasteiger partial charge is 0.189 e. The van der Waals surface area contributed by atoms with E-state index in [1.807, 2.05) is 0 Å². The fraction of sp³-hybridized carbons (Fsp3) is 0.909. The molecule has 3 heteroatoms. The van der Waals surface area contributed by atoms with Gasteiger partial charge in [0, 0.05) is 6.04 Å². The predicted molar refractivity (Wildman–Crippen MR) is 59.1 cm³/mol. The summed E-state index contributed by atoms with van der Waals surface area (Å²) in [6, 6.07) is 0.900. The highest BCUT2D eigenvalue weighted by molar-refractivity contribution is 5.78. The lowest BCUT2D eigenvalue weighted by Crippen LogP contribution is -2.38. The molecule has 0 heterocycles. The Morgan fingerprint density at radius 3 is 2.64 bits per heavy atom. The zero-order valence-electron chi connectivity index (χ0n) is 9.16. The summed E-state index contributed by atoms with van der Waals surface area (Å²) in [5.74, 6) is 2.41. The van der Waals surface area contributed by atoms with Crippen molar-refractivity contribution in [2.45, 2.75) is 51.6 Å². The maximum atomic E-state index is 5.83. The summed E-state index contributed by atoms with van der Waals surface area (Å²) in [6.45, 7) is 4.17. The fourth-order valence-corrected chi connectivity index (χ4v) is 2.88. The van der Waals surface area contributed by atoms with E-state index >= 15 is 0 Å². The molecule has 0 aromatic heterocycles. The normalized spacial score (nSPS) is 36.8. The fourth-order valence-electron chi connectivity index (χ4n) is 2.88. The van der Waals surface area contributed by atoms with Crippen LogP contribution in [0.25, 0.3) is 0 Å². The molecule has 3 atom stereocenters. The molecule has 2 fully saturated rings. The van der Waals surface area contributed by atoms with Crippen LogP contribution < -0.4 is 11.1 Å². The van der Waals surface area contributed by atoms with E-state index < -0.39 is 0 Å². The highest BCUT2D eigenvalue weighted by Crippen LogP contribution is 2.45. The molecule has 0 radical (unpaired) electrons. The Morgan fingerprint density at radius 2 is 2.14 bits per heavy atom. The lowest BCUT2D eigenvalue weighted by Gasteiger charge is -2.19. The molecule has 3 N–H and O–H groups in total. The molecule has 3 nitrogen and oxygen atoms in total. The highest BCUT2D eigenvalue weighted by Gasteiger charge is 2.39. The molecule has 0 aliphatic heterocycles. The Balaban J connectivity index is 1.90. The molecule has 2 aliphatic rings. The number of hydrogen-bond acceptors (Lipinski definition) is 1. The third-order valence-corrected chi connectivity index (χ3v) is 3.44. The molecule has 2 bridgehead atoms. The summed E-state index contributed by atoms with van der Waals surface area (Å²) in [4.78, 5) is 4.58. The molecule has 0 amide bonds. The monoisotopic (exact) mass is 195 g/mol. The molecule has 14 heavy (non-hydrogen) atoms. The maximum Gasteiger partial charge on any atom is 0.189 e. The van der Waals surface area contributed by atoms with Crippen LogP contribution in [0, 0.1) is 11.8 Å². The number of nitrogens with two attached hydrogens (primary N) is 1. The highest BCUT2D eigenvalue weighted by atomic mass is 15.1. The van der Waals surface area contributed by atoms with Crippen molar-refractivity contribution < 1.29 is 0 Å². The van der Waals surface area contributed by atoms with E-state index in [-0.39, 0.29) is 0 Å². The minimum absolute atomic E-state index is 0.386. The van der Waals surface area contributed by atoms with Gasteiger partial charge < -0.3 is 11.1 Å². The number of nitrogens with zero attached hydrogens (tertiary/aromatic N) is 1. The molecule has 2 aliphatic carbocycles. The molecule has 0 aromatic rings. The molecular weight excluding hydrogens is 174 g/mol. The first-order valence-electron chi connectivity index (χ1n) is 5.75. The van der Waals surface area contributed by atoms with E-state index in [0.717, 1.165) is 11.8 Å². The van der Waals surface area contributed by atoms with Crippen LogP contribution in [0.4, 0.5) is 0 Å². The SMILES string of the molecule is CC(C)NC(N)=NC1CC2CCC1C2. The van der Waals surface area contributed by atoms with Gasteiger partial charge in [0.2, 0.25) is 0 Å². The van der Waals surface area contributed by atoms with Gasteiger partial charge in [-0.2, -0.15) is 0 Å². The van der Waals surface area contributed by atoms with E-state index in [1.165, 1.54) is 25.7 Å².